The minimum absolute atomic E-state index is 0.288. The van der Waals surface area contributed by atoms with E-state index in [0.717, 1.165) is 22.8 Å². The van der Waals surface area contributed by atoms with Gasteiger partial charge in [-0.15, -0.1) is 0 Å². The van der Waals surface area contributed by atoms with E-state index in [-0.39, 0.29) is 5.82 Å². The van der Waals surface area contributed by atoms with Crippen molar-refractivity contribution in [2.75, 3.05) is 10.6 Å². The number of nitrogens with zero attached hydrogens (tertiary/aromatic N) is 4. The third kappa shape index (κ3) is 4.14. The van der Waals surface area contributed by atoms with E-state index < -0.39 is 0 Å². The van der Waals surface area contributed by atoms with Crippen LogP contribution in [-0.2, 0) is 6.54 Å². The zero-order valence-corrected chi connectivity index (χ0v) is 16.3. The van der Waals surface area contributed by atoms with Gasteiger partial charge in [0.05, 0.1) is 6.54 Å². The van der Waals surface area contributed by atoms with Crippen LogP contribution < -0.4 is 10.6 Å². The maximum Gasteiger partial charge on any atom is 0.225 e. The smallest absolute Gasteiger partial charge is 0.225 e. The SMILES string of the molecule is Cc1cc(Nc2cc(C3CC3)[nH]n2)nc(NCc2cc(-c3ccc(F)cc3)no2)n1. The van der Waals surface area contributed by atoms with Crippen molar-refractivity contribution in [2.45, 2.75) is 32.2 Å². The van der Waals surface area contributed by atoms with Gasteiger partial charge in [0.1, 0.15) is 17.3 Å². The number of aromatic nitrogens is 5. The second-order valence-electron chi connectivity index (χ2n) is 7.36. The summed E-state index contributed by atoms with van der Waals surface area (Å²) in [5.74, 6) is 2.80. The van der Waals surface area contributed by atoms with E-state index in [1.54, 1.807) is 18.2 Å². The zero-order valence-electron chi connectivity index (χ0n) is 16.3. The maximum absolute atomic E-state index is 13.1. The third-order valence-corrected chi connectivity index (χ3v) is 4.84. The van der Waals surface area contributed by atoms with E-state index in [1.807, 2.05) is 19.1 Å². The van der Waals surface area contributed by atoms with E-state index in [2.05, 4.69) is 36.0 Å². The zero-order chi connectivity index (χ0) is 20.5. The van der Waals surface area contributed by atoms with Crippen LogP contribution >= 0.6 is 0 Å². The van der Waals surface area contributed by atoms with E-state index in [1.165, 1.54) is 25.0 Å². The van der Waals surface area contributed by atoms with Gasteiger partial charge >= 0.3 is 0 Å². The van der Waals surface area contributed by atoms with Crippen LogP contribution in [0.4, 0.5) is 22.0 Å². The number of anilines is 3. The van der Waals surface area contributed by atoms with E-state index in [9.17, 15) is 4.39 Å². The highest BCUT2D eigenvalue weighted by atomic mass is 19.1. The minimum Gasteiger partial charge on any atom is -0.359 e. The van der Waals surface area contributed by atoms with Crippen molar-refractivity contribution < 1.29 is 8.91 Å². The molecule has 1 aliphatic rings. The molecule has 3 N–H and O–H groups in total. The van der Waals surface area contributed by atoms with Crippen molar-refractivity contribution in [1.82, 2.24) is 25.3 Å². The first kappa shape index (κ1) is 18.3. The molecule has 1 aliphatic carbocycles. The van der Waals surface area contributed by atoms with Gasteiger partial charge in [-0.1, -0.05) is 5.16 Å². The predicted octanol–water partition coefficient (Wildman–Crippen LogP) is 4.54. The van der Waals surface area contributed by atoms with Crippen molar-refractivity contribution in [3.63, 3.8) is 0 Å². The molecule has 0 aliphatic heterocycles. The summed E-state index contributed by atoms with van der Waals surface area (Å²) in [6.07, 6.45) is 2.43. The largest absolute Gasteiger partial charge is 0.359 e. The molecule has 9 heteroatoms. The molecule has 30 heavy (non-hydrogen) atoms. The topological polar surface area (TPSA) is 105 Å². The quantitative estimate of drug-likeness (QED) is 0.415. The van der Waals surface area contributed by atoms with Crippen LogP contribution in [0.15, 0.2) is 47.0 Å². The van der Waals surface area contributed by atoms with Crippen LogP contribution in [0, 0.1) is 12.7 Å². The van der Waals surface area contributed by atoms with E-state index >= 15 is 0 Å². The molecule has 5 rings (SSSR count). The Morgan fingerprint density at radius 1 is 1.10 bits per heavy atom. The minimum atomic E-state index is -0.288. The number of halogens is 1. The molecule has 152 valence electrons. The lowest BCUT2D eigenvalue weighted by Crippen LogP contribution is -2.06. The average Bonchev–Trinajstić information content (AvgIpc) is 3.29. The fourth-order valence-corrected chi connectivity index (χ4v) is 3.17. The summed E-state index contributed by atoms with van der Waals surface area (Å²) >= 11 is 0. The highest BCUT2D eigenvalue weighted by Crippen LogP contribution is 2.39. The van der Waals surface area contributed by atoms with Crippen molar-refractivity contribution in [2.24, 2.45) is 0 Å². The number of aryl methyl sites for hydroxylation is 1. The van der Waals surface area contributed by atoms with Gasteiger partial charge in [-0.2, -0.15) is 10.1 Å². The molecule has 0 radical (unpaired) electrons. The van der Waals surface area contributed by atoms with Gasteiger partial charge in [0.25, 0.3) is 0 Å². The molecule has 0 unspecified atom stereocenters. The summed E-state index contributed by atoms with van der Waals surface area (Å²) in [6, 6.07) is 11.8. The molecule has 4 aromatic rings. The second-order valence-corrected chi connectivity index (χ2v) is 7.36. The number of H-pyrrole nitrogens is 1. The summed E-state index contributed by atoms with van der Waals surface area (Å²) < 4.78 is 18.4. The first-order valence-electron chi connectivity index (χ1n) is 9.76. The Morgan fingerprint density at radius 3 is 2.73 bits per heavy atom. The van der Waals surface area contributed by atoms with Crippen molar-refractivity contribution >= 4 is 17.6 Å². The summed E-state index contributed by atoms with van der Waals surface area (Å²) in [6.45, 7) is 2.27. The molecule has 3 heterocycles. The first-order valence-corrected chi connectivity index (χ1v) is 9.76. The fourth-order valence-electron chi connectivity index (χ4n) is 3.17. The van der Waals surface area contributed by atoms with Gasteiger partial charge in [0.15, 0.2) is 11.6 Å². The lowest BCUT2D eigenvalue weighted by atomic mass is 10.1. The van der Waals surface area contributed by atoms with E-state index in [4.69, 9.17) is 4.52 Å². The van der Waals surface area contributed by atoms with Gasteiger partial charge in [-0.05, 0) is 44.0 Å². The Hall–Kier alpha value is -3.75. The van der Waals surface area contributed by atoms with Crippen LogP contribution in [0.1, 0.15) is 35.9 Å². The Kier molecular flexibility index (Phi) is 4.62. The summed E-state index contributed by atoms with van der Waals surface area (Å²) in [5, 5.41) is 17.8. The molecule has 3 aromatic heterocycles. The number of nitrogens with one attached hydrogen (secondary N) is 3. The molecule has 0 bridgehead atoms. The standard InChI is InChI=1S/C21H20FN7O/c1-12-8-19(25-20-10-17(27-28-20)13-2-3-13)26-21(24-12)23-11-16-9-18(29-30-16)14-4-6-15(22)7-5-14/h4-10,13H,2-3,11H2,1H3,(H3,23,24,25,26,27,28). The molecule has 0 atom stereocenters. The predicted molar refractivity (Wildman–Crippen MR) is 110 cm³/mol. The molecular weight excluding hydrogens is 385 g/mol. The Labute approximate surface area is 171 Å². The summed E-state index contributed by atoms with van der Waals surface area (Å²) in [5.41, 5.74) is 3.40. The molecule has 8 nitrogen and oxygen atoms in total. The Morgan fingerprint density at radius 2 is 1.93 bits per heavy atom. The summed E-state index contributed by atoms with van der Waals surface area (Å²) in [4.78, 5) is 8.91. The third-order valence-electron chi connectivity index (χ3n) is 4.84. The molecule has 0 spiro atoms. The van der Waals surface area contributed by atoms with Gasteiger partial charge in [-0.25, -0.2) is 9.37 Å². The number of rotatable bonds is 7. The van der Waals surface area contributed by atoms with Crippen LogP contribution in [0.3, 0.4) is 0 Å². The van der Waals surface area contributed by atoms with E-state index in [0.29, 0.717) is 35.7 Å². The number of aromatic amines is 1. The van der Waals surface area contributed by atoms with Crippen LogP contribution in [0.25, 0.3) is 11.3 Å². The fraction of sp³-hybridized carbons (Fsp3) is 0.238. The molecule has 1 aromatic carbocycles. The van der Waals surface area contributed by atoms with Crippen molar-refractivity contribution in [3.8, 4) is 11.3 Å². The number of benzene rings is 1. The van der Waals surface area contributed by atoms with Gasteiger partial charge in [-0.3, -0.25) is 5.10 Å². The molecule has 1 fully saturated rings. The molecular formula is C21H20FN7O. The number of hydrogen-bond acceptors (Lipinski definition) is 7. The van der Waals surface area contributed by atoms with Crippen molar-refractivity contribution in [1.29, 1.82) is 0 Å². The van der Waals surface area contributed by atoms with Gasteiger partial charge < -0.3 is 15.2 Å². The molecule has 0 amide bonds. The Bertz CT molecular complexity index is 1160. The molecule has 1 saturated carbocycles. The second kappa shape index (κ2) is 7.58. The normalized spacial score (nSPS) is 13.4. The first-order chi connectivity index (χ1) is 14.6. The highest BCUT2D eigenvalue weighted by Gasteiger charge is 2.25. The lowest BCUT2D eigenvalue weighted by Gasteiger charge is -2.07. The molecule has 0 saturated heterocycles. The summed E-state index contributed by atoms with van der Waals surface area (Å²) in [7, 11) is 0. The Balaban J connectivity index is 1.25. The van der Waals surface area contributed by atoms with Gasteiger partial charge in [0, 0.05) is 41.1 Å². The highest BCUT2D eigenvalue weighted by molar-refractivity contribution is 5.59. The maximum atomic E-state index is 13.1. The average molecular weight is 405 g/mol. The number of hydrogen-bond donors (Lipinski definition) is 3. The van der Waals surface area contributed by atoms with Crippen molar-refractivity contribution in [3.05, 3.63) is 65.4 Å². The van der Waals surface area contributed by atoms with Crippen LogP contribution in [0.2, 0.25) is 0 Å². The monoisotopic (exact) mass is 405 g/mol. The van der Waals surface area contributed by atoms with Crippen LogP contribution in [-0.4, -0.2) is 25.3 Å². The lowest BCUT2D eigenvalue weighted by molar-refractivity contribution is 0.390. The van der Waals surface area contributed by atoms with Crippen LogP contribution in [0.5, 0.6) is 0 Å². The van der Waals surface area contributed by atoms with Gasteiger partial charge in [0.2, 0.25) is 5.95 Å².